The summed E-state index contributed by atoms with van der Waals surface area (Å²) in [5.74, 6) is -0.158. The largest absolute Gasteiger partial charge is 0.396 e. The molecule has 20 heavy (non-hydrogen) atoms. The Kier molecular flexibility index (Phi) is 4.04. The van der Waals surface area contributed by atoms with Crippen molar-refractivity contribution >= 4 is 11.6 Å². The first-order valence-corrected chi connectivity index (χ1v) is 7.15. The summed E-state index contributed by atoms with van der Waals surface area (Å²) in [5, 5.41) is 7.15. The molecule has 6 nitrogen and oxygen atoms in total. The number of aryl methyl sites for hydroxylation is 1. The van der Waals surface area contributed by atoms with E-state index in [2.05, 4.69) is 24.3 Å². The molecule has 0 saturated heterocycles. The molecule has 2 unspecified atom stereocenters. The maximum atomic E-state index is 12.4. The summed E-state index contributed by atoms with van der Waals surface area (Å²) >= 11 is 0. The van der Waals surface area contributed by atoms with Gasteiger partial charge >= 0.3 is 0 Å². The maximum absolute atomic E-state index is 12.4. The zero-order valence-electron chi connectivity index (χ0n) is 12.6. The molecule has 2 rings (SSSR count). The first-order valence-electron chi connectivity index (χ1n) is 7.15. The standard InChI is InChI=1S/C14H24N4O2/c1-5-18-12(9(15)8-16-18)13(19)17-10-7-11(20-6-2)14(10,3)4/h8,10-11H,5-7,15H2,1-4H3,(H,17,19). The number of carbonyl (C=O) groups excluding carboxylic acids is 1. The molecule has 1 fully saturated rings. The molecule has 1 saturated carbocycles. The minimum Gasteiger partial charge on any atom is -0.396 e. The van der Waals surface area contributed by atoms with E-state index in [1.54, 1.807) is 4.68 Å². The van der Waals surface area contributed by atoms with Crippen LogP contribution >= 0.6 is 0 Å². The molecule has 6 heteroatoms. The summed E-state index contributed by atoms with van der Waals surface area (Å²) in [7, 11) is 0. The third kappa shape index (κ3) is 2.40. The number of nitrogens with one attached hydrogen (secondary N) is 1. The number of hydrogen-bond donors (Lipinski definition) is 2. The van der Waals surface area contributed by atoms with E-state index < -0.39 is 0 Å². The topological polar surface area (TPSA) is 82.2 Å². The van der Waals surface area contributed by atoms with Crippen LogP contribution < -0.4 is 11.1 Å². The van der Waals surface area contributed by atoms with Crippen molar-refractivity contribution < 1.29 is 9.53 Å². The van der Waals surface area contributed by atoms with Gasteiger partial charge in [0, 0.05) is 24.6 Å². The number of nitrogens with zero attached hydrogens (tertiary/aromatic N) is 2. The number of nitrogens with two attached hydrogens (primary N) is 1. The van der Waals surface area contributed by atoms with Crippen LogP contribution in [-0.4, -0.2) is 34.4 Å². The van der Waals surface area contributed by atoms with E-state index in [-0.39, 0.29) is 23.5 Å². The molecule has 112 valence electrons. The van der Waals surface area contributed by atoms with E-state index >= 15 is 0 Å². The molecule has 0 bridgehead atoms. The van der Waals surface area contributed by atoms with Crippen molar-refractivity contribution in [3.05, 3.63) is 11.9 Å². The lowest BCUT2D eigenvalue weighted by atomic mass is 9.64. The van der Waals surface area contributed by atoms with Crippen LogP contribution in [0.25, 0.3) is 0 Å². The molecule has 1 aliphatic rings. The third-order valence-corrected chi connectivity index (χ3v) is 4.23. The highest BCUT2D eigenvalue weighted by Crippen LogP contribution is 2.42. The van der Waals surface area contributed by atoms with Crippen LogP contribution in [0.5, 0.6) is 0 Å². The van der Waals surface area contributed by atoms with E-state index in [0.29, 0.717) is 24.5 Å². The third-order valence-electron chi connectivity index (χ3n) is 4.23. The van der Waals surface area contributed by atoms with Gasteiger partial charge in [-0.05, 0) is 20.3 Å². The monoisotopic (exact) mass is 280 g/mol. The summed E-state index contributed by atoms with van der Waals surface area (Å²) in [6, 6.07) is 0.103. The number of nitrogen functional groups attached to an aromatic ring is 1. The molecule has 2 atom stereocenters. The SMILES string of the molecule is CCOC1CC(NC(=O)c2c(N)cnn2CC)C1(C)C. The summed E-state index contributed by atoms with van der Waals surface area (Å²) in [6.45, 7) is 9.47. The molecule has 1 amide bonds. The summed E-state index contributed by atoms with van der Waals surface area (Å²) in [5.41, 5.74) is 6.64. The number of aromatic nitrogens is 2. The average molecular weight is 280 g/mol. The Morgan fingerprint density at radius 3 is 2.85 bits per heavy atom. The van der Waals surface area contributed by atoms with E-state index in [9.17, 15) is 4.79 Å². The number of anilines is 1. The van der Waals surface area contributed by atoms with E-state index in [4.69, 9.17) is 10.5 Å². The zero-order chi connectivity index (χ0) is 14.9. The number of hydrogen-bond acceptors (Lipinski definition) is 4. The van der Waals surface area contributed by atoms with Gasteiger partial charge < -0.3 is 15.8 Å². The second-order valence-electron chi connectivity index (χ2n) is 5.79. The summed E-state index contributed by atoms with van der Waals surface area (Å²) in [6.07, 6.45) is 2.56. The van der Waals surface area contributed by atoms with Gasteiger partial charge in [-0.15, -0.1) is 0 Å². The summed E-state index contributed by atoms with van der Waals surface area (Å²) in [4.78, 5) is 12.4. The minimum atomic E-state index is -0.158. The maximum Gasteiger partial charge on any atom is 0.271 e. The molecule has 0 aromatic carbocycles. The highest BCUT2D eigenvalue weighted by molar-refractivity contribution is 5.97. The Hall–Kier alpha value is -1.56. The van der Waals surface area contributed by atoms with Crippen molar-refractivity contribution in [1.29, 1.82) is 0 Å². The molecular formula is C14H24N4O2. The second kappa shape index (κ2) is 5.44. The molecule has 1 aliphatic carbocycles. The fraction of sp³-hybridized carbons (Fsp3) is 0.714. The lowest BCUT2D eigenvalue weighted by molar-refractivity contribution is -0.111. The molecule has 1 aromatic heterocycles. The van der Waals surface area contributed by atoms with Gasteiger partial charge in [-0.3, -0.25) is 9.48 Å². The van der Waals surface area contributed by atoms with Crippen LogP contribution in [0.15, 0.2) is 6.20 Å². The molecule has 0 spiro atoms. The van der Waals surface area contributed by atoms with Crippen molar-refractivity contribution in [3.8, 4) is 0 Å². The lowest BCUT2D eigenvalue weighted by Crippen LogP contribution is -2.62. The lowest BCUT2D eigenvalue weighted by Gasteiger charge is -2.51. The second-order valence-corrected chi connectivity index (χ2v) is 5.79. The number of rotatable bonds is 5. The van der Waals surface area contributed by atoms with Crippen LogP contribution in [0.3, 0.4) is 0 Å². The Morgan fingerprint density at radius 1 is 1.60 bits per heavy atom. The fourth-order valence-electron chi connectivity index (χ4n) is 2.73. The first-order chi connectivity index (χ1) is 9.41. The molecule has 0 aliphatic heterocycles. The average Bonchev–Trinajstić information content (AvgIpc) is 2.78. The highest BCUT2D eigenvalue weighted by Gasteiger charge is 2.49. The molecule has 0 radical (unpaired) electrons. The van der Waals surface area contributed by atoms with Crippen molar-refractivity contribution in [2.24, 2.45) is 5.41 Å². The fourth-order valence-corrected chi connectivity index (χ4v) is 2.73. The van der Waals surface area contributed by atoms with Crippen LogP contribution in [0.2, 0.25) is 0 Å². The molecule has 1 heterocycles. The van der Waals surface area contributed by atoms with Gasteiger partial charge in [0.1, 0.15) is 5.69 Å². The molecule has 3 N–H and O–H groups in total. The van der Waals surface area contributed by atoms with E-state index in [1.165, 1.54) is 6.20 Å². The van der Waals surface area contributed by atoms with Crippen LogP contribution in [-0.2, 0) is 11.3 Å². The Balaban J connectivity index is 2.05. The predicted molar refractivity (Wildman–Crippen MR) is 77.4 cm³/mol. The van der Waals surface area contributed by atoms with Gasteiger partial charge in [0.15, 0.2) is 0 Å². The smallest absolute Gasteiger partial charge is 0.271 e. The number of ether oxygens (including phenoxy) is 1. The summed E-state index contributed by atoms with van der Waals surface area (Å²) < 4.78 is 7.29. The van der Waals surface area contributed by atoms with E-state index in [0.717, 1.165) is 6.42 Å². The Labute approximate surface area is 119 Å². The van der Waals surface area contributed by atoms with Crippen LogP contribution in [0.1, 0.15) is 44.6 Å². The first kappa shape index (κ1) is 14.8. The van der Waals surface area contributed by atoms with Crippen molar-refractivity contribution in [2.75, 3.05) is 12.3 Å². The Bertz CT molecular complexity index is 495. The molecule has 1 aromatic rings. The number of amides is 1. The zero-order valence-corrected chi connectivity index (χ0v) is 12.6. The van der Waals surface area contributed by atoms with Gasteiger partial charge in [0.25, 0.3) is 5.91 Å². The Morgan fingerprint density at radius 2 is 2.30 bits per heavy atom. The predicted octanol–water partition coefficient (Wildman–Crippen LogP) is 1.42. The quantitative estimate of drug-likeness (QED) is 0.854. The van der Waals surface area contributed by atoms with Crippen molar-refractivity contribution in [3.63, 3.8) is 0 Å². The van der Waals surface area contributed by atoms with Crippen molar-refractivity contribution in [1.82, 2.24) is 15.1 Å². The van der Waals surface area contributed by atoms with Gasteiger partial charge in [-0.2, -0.15) is 5.10 Å². The van der Waals surface area contributed by atoms with E-state index in [1.807, 2.05) is 13.8 Å². The molecular weight excluding hydrogens is 256 g/mol. The number of carbonyl (C=O) groups is 1. The van der Waals surface area contributed by atoms with Gasteiger partial charge in [-0.1, -0.05) is 13.8 Å². The minimum absolute atomic E-state index is 0.0580. The highest BCUT2D eigenvalue weighted by atomic mass is 16.5. The van der Waals surface area contributed by atoms with Crippen molar-refractivity contribution in [2.45, 2.75) is 52.8 Å². The van der Waals surface area contributed by atoms with Gasteiger partial charge in [0.05, 0.1) is 18.0 Å². The van der Waals surface area contributed by atoms with Crippen LogP contribution in [0, 0.1) is 5.41 Å². The van der Waals surface area contributed by atoms with Crippen LogP contribution in [0.4, 0.5) is 5.69 Å². The van der Waals surface area contributed by atoms with Gasteiger partial charge in [0.2, 0.25) is 0 Å². The normalized spacial score (nSPS) is 24.2. The van der Waals surface area contributed by atoms with Gasteiger partial charge in [-0.25, -0.2) is 0 Å².